The normalized spacial score (nSPS) is 18.4. The van der Waals surface area contributed by atoms with Crippen LogP contribution in [0.5, 0.6) is 0 Å². The van der Waals surface area contributed by atoms with Crippen molar-refractivity contribution in [2.75, 3.05) is 30.4 Å². The van der Waals surface area contributed by atoms with Crippen LogP contribution in [0.1, 0.15) is 17.2 Å². The molecule has 0 radical (unpaired) electrons. The van der Waals surface area contributed by atoms with Crippen LogP contribution >= 0.6 is 0 Å². The summed E-state index contributed by atoms with van der Waals surface area (Å²) in [6.07, 6.45) is 0.313. The molecule has 0 spiro atoms. The van der Waals surface area contributed by atoms with Gasteiger partial charge in [-0.15, -0.1) is 5.10 Å². The molecule has 0 bridgehead atoms. The van der Waals surface area contributed by atoms with Gasteiger partial charge in [-0.3, -0.25) is 0 Å². The van der Waals surface area contributed by atoms with Gasteiger partial charge < -0.3 is 21.3 Å². The minimum atomic E-state index is -0.0794. The van der Waals surface area contributed by atoms with Gasteiger partial charge in [0.1, 0.15) is 6.10 Å². The Morgan fingerprint density at radius 2 is 2.25 bits per heavy atom. The Morgan fingerprint density at radius 1 is 1.38 bits per heavy atom. The van der Waals surface area contributed by atoms with E-state index in [0.29, 0.717) is 25.1 Å². The predicted octanol–water partition coefficient (Wildman–Crippen LogP) is 0.0153. The Bertz CT molecular complexity index is 824. The summed E-state index contributed by atoms with van der Waals surface area (Å²) in [7, 11) is 0. The molecule has 0 aliphatic carbocycles. The van der Waals surface area contributed by atoms with E-state index < -0.39 is 0 Å². The van der Waals surface area contributed by atoms with Crippen LogP contribution < -0.4 is 22.1 Å². The van der Waals surface area contributed by atoms with Crippen molar-refractivity contribution < 1.29 is 4.74 Å². The van der Waals surface area contributed by atoms with E-state index in [2.05, 4.69) is 21.2 Å². The van der Waals surface area contributed by atoms with Gasteiger partial charge in [0.25, 0.3) is 0 Å². The fourth-order valence-electron chi connectivity index (χ4n) is 2.74. The van der Waals surface area contributed by atoms with E-state index in [1.807, 2.05) is 30.3 Å². The topological polar surface area (TPSA) is 118 Å². The van der Waals surface area contributed by atoms with Crippen LogP contribution in [0.3, 0.4) is 0 Å². The summed E-state index contributed by atoms with van der Waals surface area (Å²) in [5.41, 5.74) is 2.44. The largest absolute Gasteiger partial charge is 0.370 e. The monoisotopic (exact) mass is 325 g/mol. The number of nitrogen functional groups attached to an aromatic ring is 1. The molecule has 0 amide bonds. The summed E-state index contributed by atoms with van der Waals surface area (Å²) >= 11 is 0. The third-order valence-electron chi connectivity index (χ3n) is 3.96. The highest BCUT2D eigenvalue weighted by Gasteiger charge is 2.23. The number of benzene rings is 1. The van der Waals surface area contributed by atoms with E-state index in [0.717, 1.165) is 28.3 Å². The van der Waals surface area contributed by atoms with Crippen molar-refractivity contribution in [3.8, 4) is 6.07 Å². The Kier molecular flexibility index (Phi) is 4.63. The average molecular weight is 325 g/mol. The molecule has 1 aromatic heterocycles. The van der Waals surface area contributed by atoms with E-state index in [1.54, 1.807) is 6.07 Å². The highest BCUT2D eigenvalue weighted by molar-refractivity contribution is 5.38. The maximum Gasteiger partial charge on any atom is 0.190 e. The van der Waals surface area contributed by atoms with E-state index >= 15 is 0 Å². The van der Waals surface area contributed by atoms with Crippen molar-refractivity contribution >= 4 is 5.82 Å². The second-order valence-corrected chi connectivity index (χ2v) is 5.51. The van der Waals surface area contributed by atoms with Crippen molar-refractivity contribution in [2.24, 2.45) is 10.9 Å². The second-order valence-electron chi connectivity index (χ2n) is 5.51. The molecule has 124 valence electrons. The molecular formula is C16H19N7O. The SMILES string of the molecule is N#CCc1cccc(C2CN(c3cc/c(=N/N)n(N)n3)CCO2)c1. The molecule has 1 saturated heterocycles. The van der Waals surface area contributed by atoms with Gasteiger partial charge in [0, 0.05) is 13.1 Å². The molecule has 0 saturated carbocycles. The predicted molar refractivity (Wildman–Crippen MR) is 88.8 cm³/mol. The third kappa shape index (κ3) is 3.31. The van der Waals surface area contributed by atoms with Gasteiger partial charge in [-0.05, 0) is 23.3 Å². The Labute approximate surface area is 139 Å². The summed E-state index contributed by atoms with van der Waals surface area (Å²) in [4.78, 5) is 3.27. The smallest absolute Gasteiger partial charge is 0.190 e. The number of nitriles is 1. The van der Waals surface area contributed by atoms with Gasteiger partial charge in [0.2, 0.25) is 0 Å². The van der Waals surface area contributed by atoms with Crippen LogP contribution in [0.4, 0.5) is 5.82 Å². The number of nitrogens with two attached hydrogens (primary N) is 2. The first kappa shape index (κ1) is 15.8. The van der Waals surface area contributed by atoms with E-state index in [4.69, 9.17) is 21.7 Å². The zero-order valence-electron chi connectivity index (χ0n) is 13.2. The first-order valence-corrected chi connectivity index (χ1v) is 7.63. The maximum absolute atomic E-state index is 8.85. The van der Waals surface area contributed by atoms with Gasteiger partial charge in [-0.2, -0.15) is 15.2 Å². The molecule has 1 aliphatic rings. The second kappa shape index (κ2) is 7.02. The van der Waals surface area contributed by atoms with Crippen LogP contribution in [0.25, 0.3) is 0 Å². The minimum absolute atomic E-state index is 0.0794. The van der Waals surface area contributed by atoms with Gasteiger partial charge in [-0.1, -0.05) is 24.3 Å². The lowest BCUT2D eigenvalue weighted by Gasteiger charge is -2.34. The number of hydrogen-bond donors (Lipinski definition) is 2. The number of rotatable bonds is 3. The number of anilines is 1. The van der Waals surface area contributed by atoms with Crippen LogP contribution in [-0.2, 0) is 11.2 Å². The average Bonchev–Trinajstić information content (AvgIpc) is 2.62. The molecular weight excluding hydrogens is 306 g/mol. The van der Waals surface area contributed by atoms with Gasteiger partial charge in [0.15, 0.2) is 11.3 Å². The number of hydrogen-bond acceptors (Lipinski definition) is 7. The van der Waals surface area contributed by atoms with Crippen molar-refractivity contribution in [1.29, 1.82) is 5.26 Å². The van der Waals surface area contributed by atoms with Gasteiger partial charge >= 0.3 is 0 Å². The summed E-state index contributed by atoms with van der Waals surface area (Å²) in [6.45, 7) is 1.96. The van der Waals surface area contributed by atoms with Crippen LogP contribution in [0.2, 0.25) is 0 Å². The molecule has 24 heavy (non-hydrogen) atoms. The Balaban J connectivity index is 1.81. The van der Waals surface area contributed by atoms with Gasteiger partial charge in [0.05, 0.1) is 19.1 Å². The zero-order chi connectivity index (χ0) is 16.9. The first-order chi connectivity index (χ1) is 11.7. The highest BCUT2D eigenvalue weighted by Crippen LogP contribution is 2.25. The van der Waals surface area contributed by atoms with Crippen molar-refractivity contribution in [1.82, 2.24) is 9.89 Å². The number of nitrogens with zero attached hydrogens (tertiary/aromatic N) is 5. The summed E-state index contributed by atoms with van der Waals surface area (Å²) < 4.78 is 5.90. The van der Waals surface area contributed by atoms with Crippen LogP contribution in [-0.4, -0.2) is 29.6 Å². The lowest BCUT2D eigenvalue weighted by atomic mass is 10.0. The first-order valence-electron chi connectivity index (χ1n) is 7.63. The van der Waals surface area contributed by atoms with Crippen LogP contribution in [0, 0.1) is 11.3 Å². The van der Waals surface area contributed by atoms with Crippen molar-refractivity contribution in [2.45, 2.75) is 12.5 Å². The molecule has 8 heteroatoms. The van der Waals surface area contributed by atoms with Crippen molar-refractivity contribution in [3.05, 3.63) is 53.0 Å². The van der Waals surface area contributed by atoms with Crippen molar-refractivity contribution in [3.63, 3.8) is 0 Å². The molecule has 3 rings (SSSR count). The quantitative estimate of drug-likeness (QED) is 0.606. The number of aromatic nitrogens is 2. The number of morpholine rings is 1. The Morgan fingerprint density at radius 3 is 3.00 bits per heavy atom. The summed E-state index contributed by atoms with van der Waals surface area (Å²) in [5, 5.41) is 16.7. The molecule has 1 unspecified atom stereocenters. The maximum atomic E-state index is 8.85. The highest BCUT2D eigenvalue weighted by atomic mass is 16.5. The molecule has 1 atom stereocenters. The minimum Gasteiger partial charge on any atom is -0.370 e. The molecule has 1 aromatic carbocycles. The van der Waals surface area contributed by atoms with E-state index in [1.165, 1.54) is 0 Å². The third-order valence-corrected chi connectivity index (χ3v) is 3.96. The summed E-state index contributed by atoms with van der Waals surface area (Å²) in [5.74, 6) is 11.8. The molecule has 1 fully saturated rings. The lowest BCUT2D eigenvalue weighted by molar-refractivity contribution is 0.0394. The molecule has 8 nitrogen and oxygen atoms in total. The molecule has 1 aliphatic heterocycles. The summed E-state index contributed by atoms with van der Waals surface area (Å²) in [6, 6.07) is 13.7. The number of ether oxygens (including phenoxy) is 1. The molecule has 2 heterocycles. The zero-order valence-corrected chi connectivity index (χ0v) is 13.2. The fourth-order valence-corrected chi connectivity index (χ4v) is 2.74. The van der Waals surface area contributed by atoms with Gasteiger partial charge in [-0.25, -0.2) is 0 Å². The fraction of sp³-hybridized carbons (Fsp3) is 0.312. The lowest BCUT2D eigenvalue weighted by Crippen LogP contribution is -2.41. The van der Waals surface area contributed by atoms with E-state index in [-0.39, 0.29) is 6.10 Å². The molecule has 4 N–H and O–H groups in total. The Hall–Kier alpha value is -3.05. The van der Waals surface area contributed by atoms with Crippen LogP contribution in [0.15, 0.2) is 41.5 Å². The standard InChI is InChI=1S/C16H19N7O/c17-7-6-12-2-1-3-13(10-12)14-11-22(8-9-24-14)16-5-4-15(20-18)23(19)21-16/h1-5,10,14H,6,8-9,11,18-19H2/b20-15-. The molecule has 2 aromatic rings. The van der Waals surface area contributed by atoms with E-state index in [9.17, 15) is 0 Å².